The van der Waals surface area contributed by atoms with Crippen LogP contribution < -0.4 is 10.7 Å². The Balaban J connectivity index is 2.57. The van der Waals surface area contributed by atoms with Crippen LogP contribution in [-0.4, -0.2) is 24.1 Å². The van der Waals surface area contributed by atoms with Crippen LogP contribution in [0.2, 0.25) is 0 Å². The highest BCUT2D eigenvalue weighted by Gasteiger charge is 2.35. The quantitative estimate of drug-likeness (QED) is 0.667. The first kappa shape index (κ1) is 13.3. The van der Waals surface area contributed by atoms with Crippen LogP contribution in [0.15, 0.2) is 45.9 Å². The third kappa shape index (κ3) is 2.13. The number of hydrazine groups is 1. The predicted octanol–water partition coefficient (Wildman–Crippen LogP) is 2.25. The van der Waals surface area contributed by atoms with E-state index >= 15 is 0 Å². The lowest BCUT2D eigenvalue weighted by molar-refractivity contribution is 0.303. The smallest absolute Gasteiger partial charge is 0.188 e. The van der Waals surface area contributed by atoms with Crippen LogP contribution in [-0.2, 0) is 0 Å². The van der Waals surface area contributed by atoms with Gasteiger partial charge in [-0.05, 0) is 39.1 Å². The van der Waals surface area contributed by atoms with Crippen molar-refractivity contribution < 1.29 is 0 Å². The Morgan fingerprint density at radius 2 is 2.00 bits per heavy atom. The molecule has 1 aromatic rings. The van der Waals surface area contributed by atoms with Crippen LogP contribution in [0.5, 0.6) is 0 Å². The van der Waals surface area contributed by atoms with Crippen molar-refractivity contribution in [2.24, 2.45) is 15.8 Å². The number of aryl methyl sites for hydroxylation is 1. The van der Waals surface area contributed by atoms with E-state index < -0.39 is 0 Å². The summed E-state index contributed by atoms with van der Waals surface area (Å²) >= 11 is 0. The molecule has 0 unspecified atom stereocenters. The summed E-state index contributed by atoms with van der Waals surface area (Å²) in [7, 11) is 0. The van der Waals surface area contributed by atoms with Crippen molar-refractivity contribution in [1.29, 1.82) is 0 Å². The van der Waals surface area contributed by atoms with Crippen LogP contribution in [0.3, 0.4) is 0 Å². The van der Waals surface area contributed by atoms with Gasteiger partial charge in [-0.25, -0.2) is 15.8 Å². The molecule has 0 saturated heterocycles. The lowest BCUT2D eigenvalue weighted by Crippen LogP contribution is -2.42. The molecule has 19 heavy (non-hydrogen) atoms. The molecule has 0 saturated carbocycles. The lowest BCUT2D eigenvalue weighted by Gasteiger charge is -2.28. The highest BCUT2D eigenvalue weighted by atomic mass is 15.6. The van der Waals surface area contributed by atoms with Crippen molar-refractivity contribution in [3.05, 3.63) is 41.5 Å². The van der Waals surface area contributed by atoms with Crippen LogP contribution in [0, 0.1) is 6.92 Å². The highest BCUT2D eigenvalue weighted by Crippen LogP contribution is 2.34. The zero-order chi connectivity index (χ0) is 14.0. The van der Waals surface area contributed by atoms with Gasteiger partial charge in [-0.1, -0.05) is 18.2 Å². The Kier molecular flexibility index (Phi) is 3.66. The van der Waals surface area contributed by atoms with Gasteiger partial charge >= 0.3 is 0 Å². The molecule has 2 rings (SSSR count). The first-order valence-corrected chi connectivity index (χ1v) is 6.20. The van der Waals surface area contributed by atoms with Gasteiger partial charge in [0.15, 0.2) is 11.6 Å². The summed E-state index contributed by atoms with van der Waals surface area (Å²) in [6.07, 6.45) is 1.65. The molecule has 0 aliphatic carbocycles. The van der Waals surface area contributed by atoms with Crippen LogP contribution >= 0.6 is 0 Å². The second-order valence-electron chi connectivity index (χ2n) is 4.39. The second kappa shape index (κ2) is 5.24. The van der Waals surface area contributed by atoms with E-state index in [2.05, 4.69) is 29.7 Å². The maximum Gasteiger partial charge on any atom is 0.188 e. The molecule has 5 heteroatoms. The molecule has 1 atom stereocenters. The van der Waals surface area contributed by atoms with E-state index in [0.717, 1.165) is 11.3 Å². The lowest BCUT2D eigenvalue weighted by atomic mass is 10.2. The zero-order valence-corrected chi connectivity index (χ0v) is 11.5. The number of para-hydroxylation sites is 1. The Labute approximate surface area is 113 Å². The summed E-state index contributed by atoms with van der Waals surface area (Å²) in [4.78, 5) is 10.4. The van der Waals surface area contributed by atoms with Crippen molar-refractivity contribution in [1.82, 2.24) is 5.01 Å². The monoisotopic (exact) mass is 257 g/mol. The SMILES string of the molecule is C=NC1=C(N=CC)N(N)[C@H](C)N1c1ccccc1C. The first-order valence-electron chi connectivity index (χ1n) is 6.20. The van der Waals surface area contributed by atoms with Crippen LogP contribution in [0.4, 0.5) is 5.69 Å². The summed E-state index contributed by atoms with van der Waals surface area (Å²) in [6.45, 7) is 9.56. The number of nitrogens with zero attached hydrogens (tertiary/aromatic N) is 4. The number of anilines is 1. The Morgan fingerprint density at radius 3 is 2.58 bits per heavy atom. The molecule has 2 N–H and O–H groups in total. The minimum absolute atomic E-state index is 0.0553. The van der Waals surface area contributed by atoms with Gasteiger partial charge in [0, 0.05) is 11.9 Å². The molecule has 1 aromatic carbocycles. The van der Waals surface area contributed by atoms with Gasteiger partial charge in [-0.15, -0.1) is 0 Å². The van der Waals surface area contributed by atoms with E-state index in [0.29, 0.717) is 11.6 Å². The molecule has 1 heterocycles. The highest BCUT2D eigenvalue weighted by molar-refractivity contribution is 5.63. The Hall–Kier alpha value is -2.14. The molecule has 0 bridgehead atoms. The number of nitrogens with two attached hydrogens (primary N) is 1. The standard InChI is InChI=1S/C14H19N5/c1-5-17-14-13(16-4)18(11(3)19(14)15)12-9-7-6-8-10(12)2/h5-9,11H,4,15H2,1-3H3/t11-/m1/s1. The largest absolute Gasteiger partial charge is 0.301 e. The minimum Gasteiger partial charge on any atom is -0.301 e. The van der Waals surface area contributed by atoms with Crippen molar-refractivity contribution in [3.8, 4) is 0 Å². The fourth-order valence-electron chi connectivity index (χ4n) is 2.24. The molecule has 0 spiro atoms. The molecule has 1 aliphatic rings. The summed E-state index contributed by atoms with van der Waals surface area (Å²) < 4.78 is 0. The van der Waals surface area contributed by atoms with Gasteiger partial charge in [0.05, 0.1) is 0 Å². The van der Waals surface area contributed by atoms with Crippen LogP contribution in [0.1, 0.15) is 19.4 Å². The second-order valence-corrected chi connectivity index (χ2v) is 4.39. The molecule has 0 radical (unpaired) electrons. The first-order chi connectivity index (χ1) is 9.11. The third-order valence-corrected chi connectivity index (χ3v) is 3.23. The number of aliphatic imine (C=N–C) groups is 2. The summed E-state index contributed by atoms with van der Waals surface area (Å²) in [5.41, 5.74) is 2.22. The summed E-state index contributed by atoms with van der Waals surface area (Å²) in [5, 5.41) is 1.61. The van der Waals surface area contributed by atoms with E-state index in [1.54, 1.807) is 11.2 Å². The summed E-state index contributed by atoms with van der Waals surface area (Å²) in [5.74, 6) is 7.40. The van der Waals surface area contributed by atoms with Gasteiger partial charge in [-0.2, -0.15) is 0 Å². The van der Waals surface area contributed by atoms with E-state index in [9.17, 15) is 0 Å². The van der Waals surface area contributed by atoms with Gasteiger partial charge in [0.25, 0.3) is 0 Å². The normalized spacial score (nSPS) is 19.7. The number of hydrogen-bond acceptors (Lipinski definition) is 5. The molecule has 0 fully saturated rings. The average Bonchev–Trinajstić information content (AvgIpc) is 2.64. The molecule has 1 aliphatic heterocycles. The Bertz CT molecular complexity index is 547. The Morgan fingerprint density at radius 1 is 1.32 bits per heavy atom. The maximum atomic E-state index is 6.08. The molecule has 0 aromatic heterocycles. The van der Waals surface area contributed by atoms with E-state index in [-0.39, 0.29) is 6.17 Å². The van der Waals surface area contributed by atoms with Gasteiger partial charge < -0.3 is 4.90 Å². The van der Waals surface area contributed by atoms with Crippen molar-refractivity contribution >= 4 is 18.6 Å². The maximum absolute atomic E-state index is 6.08. The van der Waals surface area contributed by atoms with Crippen molar-refractivity contribution in [2.45, 2.75) is 26.9 Å². The van der Waals surface area contributed by atoms with E-state index in [4.69, 9.17) is 5.84 Å². The number of hydrogen-bond donors (Lipinski definition) is 1. The summed E-state index contributed by atoms with van der Waals surface area (Å²) in [6, 6.07) is 8.11. The fraction of sp³-hybridized carbons (Fsp3) is 0.286. The number of rotatable bonds is 3. The zero-order valence-electron chi connectivity index (χ0n) is 11.5. The predicted molar refractivity (Wildman–Crippen MR) is 79.9 cm³/mol. The van der Waals surface area contributed by atoms with Gasteiger partial charge in [0.2, 0.25) is 0 Å². The molecular weight excluding hydrogens is 238 g/mol. The van der Waals surface area contributed by atoms with Crippen molar-refractivity contribution in [3.63, 3.8) is 0 Å². The number of benzene rings is 1. The van der Waals surface area contributed by atoms with E-state index in [1.807, 2.05) is 36.9 Å². The fourth-order valence-corrected chi connectivity index (χ4v) is 2.24. The minimum atomic E-state index is -0.0553. The van der Waals surface area contributed by atoms with Crippen LogP contribution in [0.25, 0.3) is 0 Å². The molecular formula is C14H19N5. The average molecular weight is 257 g/mol. The molecule has 5 nitrogen and oxygen atoms in total. The van der Waals surface area contributed by atoms with Gasteiger partial charge in [0.1, 0.15) is 6.17 Å². The molecule has 100 valence electrons. The van der Waals surface area contributed by atoms with Gasteiger partial charge in [-0.3, -0.25) is 5.01 Å². The molecule has 0 amide bonds. The van der Waals surface area contributed by atoms with E-state index in [1.165, 1.54) is 0 Å². The third-order valence-electron chi connectivity index (χ3n) is 3.23. The van der Waals surface area contributed by atoms with Crippen molar-refractivity contribution in [2.75, 3.05) is 4.90 Å². The topological polar surface area (TPSA) is 57.2 Å².